The summed E-state index contributed by atoms with van der Waals surface area (Å²) in [6, 6.07) is 13.2. The highest BCUT2D eigenvalue weighted by Gasteiger charge is 2.17. The summed E-state index contributed by atoms with van der Waals surface area (Å²) in [6.45, 7) is -0.673. The number of nitro benzene ring substituents is 1. The molecule has 0 aliphatic carbocycles. The lowest BCUT2D eigenvalue weighted by atomic mass is 10.2. The lowest BCUT2D eigenvalue weighted by Crippen LogP contribution is -2.23. The van der Waals surface area contributed by atoms with Crippen molar-refractivity contribution in [3.05, 3.63) is 80.7 Å². The van der Waals surface area contributed by atoms with Gasteiger partial charge in [0.2, 0.25) is 0 Å². The Hall–Kier alpha value is -4.01. The molecule has 0 aliphatic rings. The van der Waals surface area contributed by atoms with E-state index in [2.05, 4.69) is 5.32 Å². The third kappa shape index (κ3) is 4.15. The van der Waals surface area contributed by atoms with Crippen molar-refractivity contribution in [2.24, 2.45) is 0 Å². The van der Waals surface area contributed by atoms with Crippen LogP contribution in [0.2, 0.25) is 0 Å². The second-order valence-corrected chi connectivity index (χ2v) is 5.42. The van der Waals surface area contributed by atoms with Crippen LogP contribution < -0.4 is 10.9 Å². The van der Waals surface area contributed by atoms with Crippen LogP contribution in [0.5, 0.6) is 0 Å². The summed E-state index contributed by atoms with van der Waals surface area (Å²) in [5.74, 6) is -1.72. The number of hydrogen-bond acceptors (Lipinski definition) is 7. The van der Waals surface area contributed by atoms with E-state index >= 15 is 0 Å². The van der Waals surface area contributed by atoms with Crippen molar-refractivity contribution in [2.45, 2.75) is 0 Å². The Balaban J connectivity index is 1.66. The molecule has 1 N–H and O–H groups in total. The van der Waals surface area contributed by atoms with Crippen molar-refractivity contribution in [2.75, 3.05) is 11.9 Å². The van der Waals surface area contributed by atoms with Gasteiger partial charge in [0.1, 0.15) is 11.1 Å². The number of nitro groups is 1. The fourth-order valence-electron chi connectivity index (χ4n) is 2.31. The summed E-state index contributed by atoms with van der Waals surface area (Å²) in [5.41, 5.74) is -0.911. The third-order valence-corrected chi connectivity index (χ3v) is 3.54. The van der Waals surface area contributed by atoms with Gasteiger partial charge >= 0.3 is 11.6 Å². The number of anilines is 1. The van der Waals surface area contributed by atoms with E-state index in [1.54, 1.807) is 24.3 Å². The maximum absolute atomic E-state index is 12.1. The van der Waals surface area contributed by atoms with Crippen LogP contribution >= 0.6 is 0 Å². The third-order valence-electron chi connectivity index (χ3n) is 3.54. The lowest BCUT2D eigenvalue weighted by molar-refractivity contribution is -0.384. The summed E-state index contributed by atoms with van der Waals surface area (Å²) in [4.78, 5) is 45.9. The summed E-state index contributed by atoms with van der Waals surface area (Å²) in [6.07, 6.45) is 0. The largest absolute Gasteiger partial charge is 0.452 e. The Labute approximate surface area is 151 Å². The van der Waals surface area contributed by atoms with Gasteiger partial charge in [-0.25, -0.2) is 9.59 Å². The molecule has 0 radical (unpaired) electrons. The topological polar surface area (TPSA) is 129 Å². The van der Waals surface area contributed by atoms with Gasteiger partial charge < -0.3 is 14.5 Å². The highest BCUT2D eigenvalue weighted by atomic mass is 16.6. The fraction of sp³-hybridized carbons (Fsp3) is 0.0556. The Morgan fingerprint density at radius 1 is 1.11 bits per heavy atom. The number of non-ortho nitro benzene ring substituents is 1. The molecular formula is C18H12N2O7. The number of hydrogen-bond donors (Lipinski definition) is 1. The zero-order valence-corrected chi connectivity index (χ0v) is 13.7. The molecule has 9 heteroatoms. The average Bonchev–Trinajstić information content (AvgIpc) is 2.65. The predicted octanol–water partition coefficient (Wildman–Crippen LogP) is 2.50. The molecular weight excluding hydrogens is 356 g/mol. The van der Waals surface area contributed by atoms with Gasteiger partial charge in [-0.3, -0.25) is 14.9 Å². The van der Waals surface area contributed by atoms with Gasteiger partial charge in [-0.1, -0.05) is 24.3 Å². The number of rotatable bonds is 5. The molecule has 0 bridgehead atoms. The Bertz CT molecular complexity index is 1100. The van der Waals surface area contributed by atoms with E-state index in [4.69, 9.17) is 9.15 Å². The maximum atomic E-state index is 12.1. The second-order valence-electron chi connectivity index (χ2n) is 5.42. The van der Waals surface area contributed by atoms with Crippen LogP contribution in [0.3, 0.4) is 0 Å². The quantitative estimate of drug-likeness (QED) is 0.317. The molecule has 1 amide bonds. The van der Waals surface area contributed by atoms with E-state index in [0.29, 0.717) is 11.0 Å². The molecule has 0 saturated heterocycles. The van der Waals surface area contributed by atoms with Crippen LogP contribution in [0, 0.1) is 10.1 Å². The van der Waals surface area contributed by atoms with Crippen LogP contribution in [0.25, 0.3) is 11.0 Å². The first-order chi connectivity index (χ1) is 12.9. The number of benzene rings is 2. The lowest BCUT2D eigenvalue weighted by Gasteiger charge is -2.06. The zero-order valence-electron chi connectivity index (χ0n) is 13.7. The molecule has 1 aromatic heterocycles. The van der Waals surface area contributed by atoms with Gasteiger partial charge in [-0.15, -0.1) is 0 Å². The fourth-order valence-corrected chi connectivity index (χ4v) is 2.31. The highest BCUT2D eigenvalue weighted by Crippen LogP contribution is 2.17. The molecule has 27 heavy (non-hydrogen) atoms. The minimum Gasteiger partial charge on any atom is -0.452 e. The number of ether oxygens (including phenoxy) is 1. The Kier molecular flexibility index (Phi) is 4.93. The molecule has 136 valence electrons. The number of nitrogens with zero attached hydrogens (tertiary/aromatic N) is 1. The van der Waals surface area contributed by atoms with E-state index in [1.165, 1.54) is 24.3 Å². The molecule has 1 heterocycles. The molecule has 0 spiro atoms. The normalized spacial score (nSPS) is 10.4. The van der Waals surface area contributed by atoms with Crippen molar-refractivity contribution in [1.82, 2.24) is 0 Å². The van der Waals surface area contributed by atoms with E-state index in [9.17, 15) is 24.5 Å². The molecule has 3 rings (SSSR count). The van der Waals surface area contributed by atoms with E-state index < -0.39 is 29.0 Å². The number of fused-ring (bicyclic) bond motifs is 1. The number of carbonyl (C=O) groups excluding carboxylic acids is 2. The van der Waals surface area contributed by atoms with Gasteiger partial charge in [-0.2, -0.15) is 0 Å². The standard InChI is InChI=1S/C18H12N2O7/c21-16(19-12-5-3-6-13(9-12)20(24)25)10-26-17(22)14-8-11-4-1-2-7-15(11)27-18(14)23/h1-9H,10H2,(H,19,21). The Morgan fingerprint density at radius 3 is 2.67 bits per heavy atom. The molecule has 9 nitrogen and oxygen atoms in total. The zero-order chi connectivity index (χ0) is 19.4. The van der Waals surface area contributed by atoms with Crippen LogP contribution in [-0.2, 0) is 9.53 Å². The number of amides is 1. The monoisotopic (exact) mass is 368 g/mol. The van der Waals surface area contributed by atoms with Crippen LogP contribution in [-0.4, -0.2) is 23.4 Å². The van der Waals surface area contributed by atoms with E-state index in [1.807, 2.05) is 0 Å². The van der Waals surface area contributed by atoms with E-state index in [0.717, 1.165) is 6.07 Å². The SMILES string of the molecule is O=C(COC(=O)c1cc2ccccc2oc1=O)Nc1cccc([N+](=O)[O-])c1. The molecule has 0 saturated carbocycles. The molecule has 2 aromatic carbocycles. The van der Waals surface area contributed by atoms with Gasteiger partial charge in [0.15, 0.2) is 6.61 Å². The van der Waals surface area contributed by atoms with Crippen molar-refractivity contribution in [1.29, 1.82) is 0 Å². The van der Waals surface area contributed by atoms with Crippen LogP contribution in [0.4, 0.5) is 11.4 Å². The summed E-state index contributed by atoms with van der Waals surface area (Å²) >= 11 is 0. The molecule has 0 fully saturated rings. The van der Waals surface area contributed by atoms with Gasteiger partial charge in [0.25, 0.3) is 11.6 Å². The summed E-state index contributed by atoms with van der Waals surface area (Å²) in [7, 11) is 0. The van der Waals surface area contributed by atoms with Gasteiger partial charge in [0, 0.05) is 23.2 Å². The highest BCUT2D eigenvalue weighted by molar-refractivity contribution is 5.96. The summed E-state index contributed by atoms with van der Waals surface area (Å²) in [5, 5.41) is 13.6. The van der Waals surface area contributed by atoms with Crippen molar-refractivity contribution >= 4 is 34.2 Å². The average molecular weight is 368 g/mol. The molecule has 0 unspecified atom stereocenters. The van der Waals surface area contributed by atoms with Crippen molar-refractivity contribution in [3.63, 3.8) is 0 Å². The minimum absolute atomic E-state index is 0.176. The predicted molar refractivity (Wildman–Crippen MR) is 94.5 cm³/mol. The van der Waals surface area contributed by atoms with E-state index in [-0.39, 0.29) is 16.9 Å². The Morgan fingerprint density at radius 2 is 1.89 bits per heavy atom. The number of nitrogens with one attached hydrogen (secondary N) is 1. The van der Waals surface area contributed by atoms with Crippen LogP contribution in [0.15, 0.2) is 63.8 Å². The molecule has 0 atom stereocenters. The van der Waals surface area contributed by atoms with Crippen LogP contribution in [0.1, 0.15) is 10.4 Å². The first-order valence-corrected chi connectivity index (χ1v) is 7.68. The first-order valence-electron chi connectivity index (χ1n) is 7.68. The summed E-state index contributed by atoms with van der Waals surface area (Å²) < 4.78 is 9.86. The minimum atomic E-state index is -1.01. The van der Waals surface area contributed by atoms with Crippen molar-refractivity contribution in [3.8, 4) is 0 Å². The van der Waals surface area contributed by atoms with Crippen molar-refractivity contribution < 1.29 is 23.7 Å². The van der Waals surface area contributed by atoms with Gasteiger partial charge in [-0.05, 0) is 18.2 Å². The van der Waals surface area contributed by atoms with Gasteiger partial charge in [0.05, 0.1) is 4.92 Å². The number of esters is 1. The maximum Gasteiger partial charge on any atom is 0.351 e. The number of para-hydroxylation sites is 1. The first kappa shape index (κ1) is 17.8. The second kappa shape index (κ2) is 7.48. The smallest absolute Gasteiger partial charge is 0.351 e. The molecule has 0 aliphatic heterocycles. The molecule has 3 aromatic rings. The number of carbonyl (C=O) groups is 2.